The highest BCUT2D eigenvalue weighted by atomic mass is 32.1. The van der Waals surface area contributed by atoms with Crippen LogP contribution in [0.3, 0.4) is 0 Å². The average Bonchev–Trinajstić information content (AvgIpc) is 3.23. The van der Waals surface area contributed by atoms with Crippen molar-refractivity contribution in [3.8, 4) is 10.7 Å². The first kappa shape index (κ1) is 17.5. The van der Waals surface area contributed by atoms with Crippen LogP contribution in [0.4, 0.5) is 5.82 Å². The number of hydrogen-bond donors (Lipinski definition) is 2. The molecule has 0 amide bonds. The van der Waals surface area contributed by atoms with Crippen molar-refractivity contribution in [2.24, 2.45) is 0 Å². The zero-order valence-electron chi connectivity index (χ0n) is 14.8. The summed E-state index contributed by atoms with van der Waals surface area (Å²) >= 11 is 1.62. The molecule has 3 rings (SSSR count). The first-order chi connectivity index (χ1) is 12.0. The fraction of sp³-hybridized carbons (Fsp3) is 0.412. The lowest BCUT2D eigenvalue weighted by atomic mass is 9.95. The molecular weight excluding hydrogens is 336 g/mol. The maximum atomic E-state index is 5.21. The quantitative estimate of drug-likeness (QED) is 0.702. The largest absolute Gasteiger partial charge is 0.378 e. The van der Waals surface area contributed by atoms with E-state index in [2.05, 4.69) is 51.2 Å². The number of ether oxygens (including phenoxy) is 1. The van der Waals surface area contributed by atoms with Crippen molar-refractivity contribution in [1.82, 2.24) is 25.1 Å². The van der Waals surface area contributed by atoms with E-state index in [0.29, 0.717) is 19.0 Å². The van der Waals surface area contributed by atoms with Crippen LogP contribution in [0.2, 0.25) is 0 Å². The molecular formula is C17H22N6OS. The van der Waals surface area contributed by atoms with E-state index >= 15 is 0 Å². The van der Waals surface area contributed by atoms with E-state index in [1.54, 1.807) is 18.4 Å². The monoisotopic (exact) mass is 358 g/mol. The summed E-state index contributed by atoms with van der Waals surface area (Å²) in [6.07, 6.45) is 0. The van der Waals surface area contributed by atoms with Crippen LogP contribution in [0, 0.1) is 0 Å². The Bertz CT molecular complexity index is 822. The molecule has 0 saturated carbocycles. The summed E-state index contributed by atoms with van der Waals surface area (Å²) in [6, 6.07) is 5.89. The molecule has 0 saturated heterocycles. The van der Waals surface area contributed by atoms with E-state index < -0.39 is 0 Å². The Hall–Kier alpha value is -2.32. The second-order valence-corrected chi connectivity index (χ2v) is 7.64. The molecule has 3 aromatic rings. The molecule has 3 aromatic heterocycles. The topological polar surface area (TPSA) is 88.6 Å². The minimum absolute atomic E-state index is 0.140. The van der Waals surface area contributed by atoms with E-state index in [-0.39, 0.29) is 5.41 Å². The average molecular weight is 358 g/mol. The summed E-state index contributed by atoms with van der Waals surface area (Å²) in [6.45, 7) is 7.22. The number of rotatable bonds is 6. The summed E-state index contributed by atoms with van der Waals surface area (Å²) in [7, 11) is 1.66. The van der Waals surface area contributed by atoms with Gasteiger partial charge in [-0.05, 0) is 11.4 Å². The summed E-state index contributed by atoms with van der Waals surface area (Å²) < 4.78 is 5.21. The number of aromatic nitrogens is 5. The van der Waals surface area contributed by atoms with Crippen molar-refractivity contribution < 1.29 is 4.74 Å². The molecule has 0 aliphatic rings. The number of nitrogens with one attached hydrogen (secondary N) is 2. The number of thiophene rings is 1. The maximum absolute atomic E-state index is 5.21. The zero-order valence-corrected chi connectivity index (χ0v) is 15.6. The summed E-state index contributed by atoms with van der Waals surface area (Å²) in [5.41, 5.74) is 0.709. The van der Waals surface area contributed by atoms with E-state index in [9.17, 15) is 0 Å². The van der Waals surface area contributed by atoms with Gasteiger partial charge in [-0.25, -0.2) is 15.0 Å². The minimum Gasteiger partial charge on any atom is -0.378 e. The number of anilines is 1. The molecule has 0 fully saturated rings. The van der Waals surface area contributed by atoms with Gasteiger partial charge in [0.2, 0.25) is 0 Å². The number of H-pyrrole nitrogens is 1. The first-order valence-corrected chi connectivity index (χ1v) is 8.90. The Morgan fingerprint density at radius 1 is 1.24 bits per heavy atom. The summed E-state index contributed by atoms with van der Waals surface area (Å²) in [5, 5.41) is 12.5. The Morgan fingerprint density at radius 2 is 2.08 bits per heavy atom. The van der Waals surface area contributed by atoms with Crippen LogP contribution in [-0.2, 0) is 23.3 Å². The molecule has 0 bridgehead atoms. The van der Waals surface area contributed by atoms with Crippen molar-refractivity contribution in [1.29, 1.82) is 0 Å². The van der Waals surface area contributed by atoms with Gasteiger partial charge in [0.05, 0.1) is 23.7 Å². The molecule has 8 heteroatoms. The summed E-state index contributed by atoms with van der Waals surface area (Å²) in [5.74, 6) is 3.00. The molecule has 0 unspecified atom stereocenters. The number of nitrogens with zero attached hydrogens (tertiary/aromatic N) is 4. The van der Waals surface area contributed by atoms with Gasteiger partial charge in [0, 0.05) is 18.6 Å². The number of hydrogen-bond acceptors (Lipinski definition) is 7. The molecule has 0 aliphatic carbocycles. The molecule has 0 aliphatic heterocycles. The third kappa shape index (κ3) is 4.40. The van der Waals surface area contributed by atoms with E-state index in [0.717, 1.165) is 28.0 Å². The molecule has 7 nitrogen and oxygen atoms in total. The molecule has 25 heavy (non-hydrogen) atoms. The molecule has 2 N–H and O–H groups in total. The van der Waals surface area contributed by atoms with Crippen LogP contribution in [0.5, 0.6) is 0 Å². The standard InChI is InChI=1S/C17H22N6OS/c1-17(2,3)16-19-11(10-24-4)8-13(21-16)18-9-14-20-15(23-22-14)12-6-5-7-25-12/h5-8H,9-10H2,1-4H3,(H,18,19,21)(H,20,22,23). The fourth-order valence-corrected chi connectivity index (χ4v) is 2.87. The van der Waals surface area contributed by atoms with Crippen molar-refractivity contribution >= 4 is 17.2 Å². The lowest BCUT2D eigenvalue weighted by molar-refractivity contribution is 0.181. The number of aromatic amines is 1. The lowest BCUT2D eigenvalue weighted by Crippen LogP contribution is -2.18. The van der Waals surface area contributed by atoms with Gasteiger partial charge in [0.15, 0.2) is 5.82 Å². The van der Waals surface area contributed by atoms with Crippen LogP contribution >= 0.6 is 11.3 Å². The molecule has 0 spiro atoms. The first-order valence-electron chi connectivity index (χ1n) is 8.02. The van der Waals surface area contributed by atoms with E-state index in [1.165, 1.54) is 0 Å². The number of methoxy groups -OCH3 is 1. The Labute approximate surface area is 150 Å². The zero-order chi connectivity index (χ0) is 17.9. The Kier molecular flexibility index (Phi) is 5.10. The van der Waals surface area contributed by atoms with Crippen molar-refractivity contribution in [2.75, 3.05) is 12.4 Å². The highest BCUT2D eigenvalue weighted by Gasteiger charge is 2.19. The predicted molar refractivity (Wildman–Crippen MR) is 98.5 cm³/mol. The Morgan fingerprint density at radius 3 is 2.76 bits per heavy atom. The van der Waals surface area contributed by atoms with Gasteiger partial charge in [-0.1, -0.05) is 26.8 Å². The maximum Gasteiger partial charge on any atom is 0.191 e. The van der Waals surface area contributed by atoms with Crippen LogP contribution in [0.25, 0.3) is 10.7 Å². The van der Waals surface area contributed by atoms with Gasteiger partial charge in [0.1, 0.15) is 17.5 Å². The van der Waals surface area contributed by atoms with Crippen LogP contribution in [0.15, 0.2) is 23.6 Å². The third-order valence-corrected chi connectivity index (χ3v) is 4.32. The van der Waals surface area contributed by atoms with Crippen molar-refractivity contribution in [2.45, 2.75) is 39.3 Å². The summed E-state index contributed by atoms with van der Waals surface area (Å²) in [4.78, 5) is 14.8. The minimum atomic E-state index is -0.140. The van der Waals surface area contributed by atoms with Gasteiger partial charge >= 0.3 is 0 Å². The van der Waals surface area contributed by atoms with Crippen molar-refractivity contribution in [3.63, 3.8) is 0 Å². The molecule has 0 radical (unpaired) electrons. The highest BCUT2D eigenvalue weighted by molar-refractivity contribution is 7.13. The third-order valence-electron chi connectivity index (χ3n) is 3.45. The van der Waals surface area contributed by atoms with Crippen LogP contribution < -0.4 is 5.32 Å². The van der Waals surface area contributed by atoms with Gasteiger partial charge in [-0.3, -0.25) is 5.10 Å². The van der Waals surface area contributed by atoms with Crippen LogP contribution in [-0.4, -0.2) is 32.3 Å². The van der Waals surface area contributed by atoms with Crippen molar-refractivity contribution in [3.05, 3.63) is 40.9 Å². The van der Waals surface area contributed by atoms with Crippen LogP contribution in [0.1, 0.15) is 38.1 Å². The smallest absolute Gasteiger partial charge is 0.191 e. The van der Waals surface area contributed by atoms with Gasteiger partial charge in [-0.2, -0.15) is 5.10 Å². The molecule has 132 valence electrons. The van der Waals surface area contributed by atoms with E-state index in [4.69, 9.17) is 4.74 Å². The second-order valence-electron chi connectivity index (χ2n) is 6.69. The second kappa shape index (κ2) is 7.28. The van der Waals surface area contributed by atoms with Gasteiger partial charge in [0.25, 0.3) is 0 Å². The molecule has 0 atom stereocenters. The van der Waals surface area contributed by atoms with Gasteiger partial charge < -0.3 is 10.1 Å². The SMILES string of the molecule is COCc1cc(NCc2nc(-c3cccs3)n[nH]2)nc(C(C)(C)C)n1. The predicted octanol–water partition coefficient (Wildman–Crippen LogP) is 3.38. The lowest BCUT2D eigenvalue weighted by Gasteiger charge is -2.18. The Balaban J connectivity index is 1.75. The molecule has 3 heterocycles. The fourth-order valence-electron chi connectivity index (χ4n) is 2.21. The van der Waals surface area contributed by atoms with Gasteiger partial charge in [-0.15, -0.1) is 11.3 Å². The van der Waals surface area contributed by atoms with E-state index in [1.807, 2.05) is 23.6 Å². The normalized spacial score (nSPS) is 11.7. The highest BCUT2D eigenvalue weighted by Crippen LogP contribution is 2.22. The molecule has 0 aromatic carbocycles.